The lowest BCUT2D eigenvalue weighted by Crippen LogP contribution is -2.35. The van der Waals surface area contributed by atoms with Crippen LogP contribution in [0, 0.1) is 18.2 Å². The zero-order valence-corrected chi connectivity index (χ0v) is 10.4. The lowest BCUT2D eigenvalue weighted by atomic mass is 10.2. The third-order valence-corrected chi connectivity index (χ3v) is 2.46. The normalized spacial score (nSPS) is 10.6. The molecule has 0 saturated heterocycles. The van der Waals surface area contributed by atoms with Crippen molar-refractivity contribution in [3.8, 4) is 0 Å². The molecule has 1 aromatic rings. The molecule has 0 aliphatic carbocycles. The fourth-order valence-electron chi connectivity index (χ4n) is 1.50. The van der Waals surface area contributed by atoms with Crippen molar-refractivity contribution in [3.63, 3.8) is 0 Å². The molecule has 0 fully saturated rings. The third kappa shape index (κ3) is 3.37. The topological polar surface area (TPSA) is 78.9 Å². The summed E-state index contributed by atoms with van der Waals surface area (Å²) in [6, 6.07) is 0.0816. The maximum atomic E-state index is 13.9. The van der Waals surface area contributed by atoms with E-state index in [0.29, 0.717) is 18.7 Å². The van der Waals surface area contributed by atoms with Crippen molar-refractivity contribution >= 4 is 11.7 Å². The number of nitrogens with one attached hydrogen (secondary N) is 1. The summed E-state index contributed by atoms with van der Waals surface area (Å²) in [6.45, 7) is 5.96. The predicted molar refractivity (Wildman–Crippen MR) is 65.7 cm³/mol. The molecule has 3 N–H and O–H groups in total. The Hall–Kier alpha value is -1.72. The Morgan fingerprint density at radius 3 is 2.71 bits per heavy atom. The van der Waals surface area contributed by atoms with Gasteiger partial charge in [-0.25, -0.2) is 14.4 Å². The van der Waals surface area contributed by atoms with E-state index in [1.54, 1.807) is 11.8 Å². The van der Waals surface area contributed by atoms with Crippen LogP contribution in [0.3, 0.4) is 0 Å². The monoisotopic (exact) mass is 239 g/mol. The average molecular weight is 239 g/mol. The van der Waals surface area contributed by atoms with Crippen LogP contribution in [0.2, 0.25) is 0 Å². The Morgan fingerprint density at radius 1 is 1.53 bits per heavy atom. The number of hydrogen-bond acceptors (Lipinski definition) is 4. The van der Waals surface area contributed by atoms with Crippen LogP contribution in [0.25, 0.3) is 0 Å². The minimum absolute atomic E-state index is 0.0816. The Bertz CT molecular complexity index is 405. The van der Waals surface area contributed by atoms with Gasteiger partial charge in [-0.3, -0.25) is 5.41 Å². The molecule has 0 aliphatic rings. The van der Waals surface area contributed by atoms with Gasteiger partial charge in [0.1, 0.15) is 6.33 Å². The van der Waals surface area contributed by atoms with Crippen LogP contribution in [-0.4, -0.2) is 28.4 Å². The zero-order chi connectivity index (χ0) is 13.0. The second-order valence-corrected chi connectivity index (χ2v) is 4.16. The molecule has 1 rings (SSSR count). The molecule has 94 valence electrons. The quantitative estimate of drug-likeness (QED) is 0.602. The molecule has 0 bridgehead atoms. The Morgan fingerprint density at radius 2 is 2.18 bits per heavy atom. The zero-order valence-electron chi connectivity index (χ0n) is 10.4. The fourth-order valence-corrected chi connectivity index (χ4v) is 1.50. The van der Waals surface area contributed by atoms with E-state index in [9.17, 15) is 4.39 Å². The van der Waals surface area contributed by atoms with E-state index in [4.69, 9.17) is 11.1 Å². The number of rotatable bonds is 5. The van der Waals surface area contributed by atoms with Gasteiger partial charge in [0.15, 0.2) is 11.6 Å². The summed E-state index contributed by atoms with van der Waals surface area (Å²) in [5, 5.41) is 7.21. The highest BCUT2D eigenvalue weighted by Gasteiger charge is 2.18. The second kappa shape index (κ2) is 5.56. The van der Waals surface area contributed by atoms with Gasteiger partial charge in [0.25, 0.3) is 0 Å². The predicted octanol–water partition coefficient (Wildman–Crippen LogP) is 1.46. The Labute approximate surface area is 100 Å². The molecule has 0 radical (unpaired) electrons. The molecule has 0 amide bonds. The largest absolute Gasteiger partial charge is 0.388 e. The van der Waals surface area contributed by atoms with E-state index in [0.717, 1.165) is 0 Å². The van der Waals surface area contributed by atoms with Gasteiger partial charge in [-0.1, -0.05) is 0 Å². The number of aromatic nitrogens is 2. The first-order chi connectivity index (χ1) is 7.93. The van der Waals surface area contributed by atoms with Crippen molar-refractivity contribution in [2.45, 2.75) is 33.2 Å². The highest BCUT2D eigenvalue weighted by Crippen LogP contribution is 2.19. The van der Waals surface area contributed by atoms with E-state index in [-0.39, 0.29) is 17.7 Å². The van der Waals surface area contributed by atoms with E-state index < -0.39 is 5.82 Å². The van der Waals surface area contributed by atoms with Crippen LogP contribution >= 0.6 is 0 Å². The van der Waals surface area contributed by atoms with Gasteiger partial charge in [-0.2, -0.15) is 0 Å². The lowest BCUT2D eigenvalue weighted by molar-refractivity contribution is 0.575. The van der Waals surface area contributed by atoms with E-state index in [2.05, 4.69) is 9.97 Å². The summed E-state index contributed by atoms with van der Waals surface area (Å²) in [5.41, 5.74) is 5.64. The van der Waals surface area contributed by atoms with Crippen LogP contribution in [0.1, 0.15) is 26.0 Å². The van der Waals surface area contributed by atoms with Gasteiger partial charge >= 0.3 is 0 Å². The number of anilines is 1. The molecule has 1 aromatic heterocycles. The van der Waals surface area contributed by atoms with Gasteiger partial charge in [0.05, 0.1) is 11.5 Å². The van der Waals surface area contributed by atoms with Crippen LogP contribution in [0.15, 0.2) is 6.33 Å². The second-order valence-electron chi connectivity index (χ2n) is 4.16. The molecule has 17 heavy (non-hydrogen) atoms. The minimum Gasteiger partial charge on any atom is -0.388 e. The van der Waals surface area contributed by atoms with Gasteiger partial charge in [-0.15, -0.1) is 0 Å². The summed E-state index contributed by atoms with van der Waals surface area (Å²) in [5.74, 6) is -0.0552. The highest BCUT2D eigenvalue weighted by atomic mass is 19.1. The Kier molecular flexibility index (Phi) is 4.37. The van der Waals surface area contributed by atoms with E-state index in [1.165, 1.54) is 6.33 Å². The van der Waals surface area contributed by atoms with Crippen molar-refractivity contribution in [1.29, 1.82) is 5.41 Å². The molecule has 0 aliphatic heterocycles. The van der Waals surface area contributed by atoms with E-state index >= 15 is 0 Å². The van der Waals surface area contributed by atoms with Crippen molar-refractivity contribution in [3.05, 3.63) is 17.8 Å². The molecule has 5 nitrogen and oxygen atoms in total. The van der Waals surface area contributed by atoms with Crippen LogP contribution in [-0.2, 0) is 0 Å². The molecule has 6 heteroatoms. The maximum absolute atomic E-state index is 13.9. The van der Waals surface area contributed by atoms with Crippen LogP contribution < -0.4 is 10.6 Å². The highest BCUT2D eigenvalue weighted by molar-refractivity contribution is 5.77. The summed E-state index contributed by atoms with van der Waals surface area (Å²) in [4.78, 5) is 9.55. The molecule has 0 unspecified atom stereocenters. The van der Waals surface area contributed by atoms with Gasteiger partial charge < -0.3 is 10.6 Å². The van der Waals surface area contributed by atoms with Crippen molar-refractivity contribution < 1.29 is 4.39 Å². The lowest BCUT2D eigenvalue weighted by Gasteiger charge is -2.28. The van der Waals surface area contributed by atoms with Crippen molar-refractivity contribution in [2.75, 3.05) is 11.4 Å². The molecule has 0 aromatic carbocycles. The average Bonchev–Trinajstić information content (AvgIpc) is 2.23. The summed E-state index contributed by atoms with van der Waals surface area (Å²) in [6.07, 6.45) is 1.73. The van der Waals surface area contributed by atoms with Gasteiger partial charge in [-0.05, 0) is 20.8 Å². The number of halogens is 1. The molecular weight excluding hydrogens is 221 g/mol. The molecule has 0 atom stereocenters. The minimum atomic E-state index is -0.412. The first-order valence-electron chi connectivity index (χ1n) is 5.50. The molecule has 1 heterocycles. The van der Waals surface area contributed by atoms with Crippen LogP contribution in [0.5, 0.6) is 0 Å². The van der Waals surface area contributed by atoms with E-state index in [1.807, 2.05) is 13.8 Å². The number of aryl methyl sites for hydroxylation is 1. The fraction of sp³-hybridized carbons (Fsp3) is 0.545. The smallest absolute Gasteiger partial charge is 0.186 e. The summed E-state index contributed by atoms with van der Waals surface area (Å²) in [7, 11) is 0. The first-order valence-corrected chi connectivity index (χ1v) is 5.50. The molecule has 0 saturated carbocycles. The molecular formula is C11H18FN5. The van der Waals surface area contributed by atoms with Crippen molar-refractivity contribution in [1.82, 2.24) is 9.97 Å². The summed E-state index contributed by atoms with van der Waals surface area (Å²) >= 11 is 0. The molecule has 0 spiro atoms. The third-order valence-electron chi connectivity index (χ3n) is 2.46. The maximum Gasteiger partial charge on any atom is 0.186 e. The first kappa shape index (κ1) is 13.3. The number of nitrogens with two attached hydrogens (primary N) is 1. The Balaban J connectivity index is 2.97. The summed E-state index contributed by atoms with van der Waals surface area (Å²) < 4.78 is 13.9. The standard InChI is InChI=1S/C11H18FN5/c1-7(2)17(5-4-9(13)14)11-10(12)8(3)15-6-16-11/h6-7H,4-5H2,1-3H3,(H3,13,14). The number of nitrogens with zero attached hydrogens (tertiary/aromatic N) is 3. The van der Waals surface area contributed by atoms with Crippen molar-refractivity contribution in [2.24, 2.45) is 5.73 Å². The number of hydrogen-bond donors (Lipinski definition) is 2. The number of amidine groups is 1. The van der Waals surface area contributed by atoms with Crippen LogP contribution in [0.4, 0.5) is 10.2 Å². The van der Waals surface area contributed by atoms with Gasteiger partial charge in [0, 0.05) is 19.0 Å². The SMILES string of the molecule is Cc1ncnc(N(CCC(=N)N)C(C)C)c1F. The van der Waals surface area contributed by atoms with Gasteiger partial charge in [0.2, 0.25) is 0 Å².